The van der Waals surface area contributed by atoms with E-state index in [1.807, 2.05) is 0 Å². The Morgan fingerprint density at radius 3 is 2.75 bits per heavy atom. The second kappa shape index (κ2) is 7.28. The average molecular weight is 278 g/mol. The first-order chi connectivity index (χ1) is 9.60. The molecule has 114 valence electrons. The first kappa shape index (κ1) is 15.6. The van der Waals surface area contributed by atoms with Crippen LogP contribution in [0, 0.1) is 6.92 Å². The van der Waals surface area contributed by atoms with Gasteiger partial charge in [-0.3, -0.25) is 4.90 Å². The normalized spacial score (nSPS) is 15.5. The summed E-state index contributed by atoms with van der Waals surface area (Å²) in [5.41, 5.74) is 1.37. The van der Waals surface area contributed by atoms with Crippen LogP contribution in [0.5, 0.6) is 0 Å². The van der Waals surface area contributed by atoms with Crippen molar-refractivity contribution >= 4 is 0 Å². The molecule has 1 aliphatic rings. The van der Waals surface area contributed by atoms with Crippen LogP contribution >= 0.6 is 0 Å². The third-order valence-electron chi connectivity index (χ3n) is 3.99. The lowest BCUT2D eigenvalue weighted by molar-refractivity contribution is 0.249. The SMILES string of the molecule is CCCCN(Cc1cc(CNC(C)C)oc1C)C1CC1. The van der Waals surface area contributed by atoms with Crippen LogP contribution in [0.15, 0.2) is 10.5 Å². The average Bonchev–Trinajstić information content (AvgIpc) is 3.18. The van der Waals surface area contributed by atoms with E-state index in [4.69, 9.17) is 4.42 Å². The number of nitrogens with zero attached hydrogens (tertiary/aromatic N) is 1. The van der Waals surface area contributed by atoms with Crippen molar-refractivity contribution < 1.29 is 4.42 Å². The minimum absolute atomic E-state index is 0.497. The van der Waals surface area contributed by atoms with Gasteiger partial charge in [0.1, 0.15) is 11.5 Å². The highest BCUT2D eigenvalue weighted by molar-refractivity contribution is 5.21. The Hall–Kier alpha value is -0.800. The molecule has 0 aliphatic heterocycles. The molecule has 0 unspecified atom stereocenters. The van der Waals surface area contributed by atoms with Gasteiger partial charge >= 0.3 is 0 Å². The molecule has 1 aromatic heterocycles. The molecule has 0 spiro atoms. The summed E-state index contributed by atoms with van der Waals surface area (Å²) in [6.45, 7) is 11.8. The molecule has 20 heavy (non-hydrogen) atoms. The van der Waals surface area contributed by atoms with Gasteiger partial charge < -0.3 is 9.73 Å². The van der Waals surface area contributed by atoms with Gasteiger partial charge in [-0.1, -0.05) is 27.2 Å². The van der Waals surface area contributed by atoms with Crippen molar-refractivity contribution in [3.05, 3.63) is 23.2 Å². The Kier molecular flexibility index (Phi) is 5.67. The Balaban J connectivity index is 1.93. The highest BCUT2D eigenvalue weighted by Crippen LogP contribution is 2.29. The molecule has 0 bridgehead atoms. The van der Waals surface area contributed by atoms with Gasteiger partial charge in [-0.2, -0.15) is 0 Å². The summed E-state index contributed by atoms with van der Waals surface area (Å²) in [5, 5.41) is 3.42. The van der Waals surface area contributed by atoms with Gasteiger partial charge in [-0.05, 0) is 38.8 Å². The maximum Gasteiger partial charge on any atom is 0.118 e. The molecule has 0 radical (unpaired) electrons. The van der Waals surface area contributed by atoms with Gasteiger partial charge in [0.05, 0.1) is 6.54 Å². The van der Waals surface area contributed by atoms with Gasteiger partial charge in [0, 0.05) is 24.2 Å². The molecular weight excluding hydrogens is 248 g/mol. The lowest BCUT2D eigenvalue weighted by atomic mass is 10.2. The topological polar surface area (TPSA) is 28.4 Å². The van der Waals surface area contributed by atoms with Crippen molar-refractivity contribution in [2.45, 2.75) is 78.6 Å². The molecule has 1 heterocycles. The molecule has 1 aliphatic carbocycles. The summed E-state index contributed by atoms with van der Waals surface area (Å²) in [6.07, 6.45) is 5.33. The summed E-state index contributed by atoms with van der Waals surface area (Å²) in [7, 11) is 0. The third kappa shape index (κ3) is 4.64. The largest absolute Gasteiger partial charge is 0.465 e. The highest BCUT2D eigenvalue weighted by atomic mass is 16.3. The van der Waals surface area contributed by atoms with Crippen LogP contribution in [0.3, 0.4) is 0 Å². The van der Waals surface area contributed by atoms with Crippen LogP contribution in [0.25, 0.3) is 0 Å². The summed E-state index contributed by atoms with van der Waals surface area (Å²) < 4.78 is 5.88. The number of rotatable bonds is 9. The van der Waals surface area contributed by atoms with E-state index in [1.165, 1.54) is 37.8 Å². The molecule has 3 nitrogen and oxygen atoms in total. The molecule has 0 aromatic carbocycles. The second-order valence-electron chi connectivity index (χ2n) is 6.38. The van der Waals surface area contributed by atoms with Crippen molar-refractivity contribution in [3.63, 3.8) is 0 Å². The lowest BCUT2D eigenvalue weighted by Gasteiger charge is -2.21. The van der Waals surface area contributed by atoms with Crippen molar-refractivity contribution in [2.24, 2.45) is 0 Å². The second-order valence-corrected chi connectivity index (χ2v) is 6.38. The number of hydrogen-bond acceptors (Lipinski definition) is 3. The molecule has 2 rings (SSSR count). The van der Waals surface area contributed by atoms with Crippen molar-refractivity contribution in [2.75, 3.05) is 6.54 Å². The maximum atomic E-state index is 5.88. The Labute approximate surface area is 123 Å². The molecule has 0 atom stereocenters. The predicted octanol–water partition coefficient (Wildman–Crippen LogP) is 3.85. The van der Waals surface area contributed by atoms with E-state index in [2.05, 4.69) is 44.0 Å². The van der Waals surface area contributed by atoms with Crippen LogP contribution in [-0.4, -0.2) is 23.5 Å². The monoisotopic (exact) mass is 278 g/mol. The van der Waals surface area contributed by atoms with Gasteiger partial charge in [-0.15, -0.1) is 0 Å². The first-order valence-electron chi connectivity index (χ1n) is 8.15. The molecule has 0 amide bonds. The van der Waals surface area contributed by atoms with E-state index in [0.717, 1.165) is 30.7 Å². The lowest BCUT2D eigenvalue weighted by Crippen LogP contribution is -2.26. The van der Waals surface area contributed by atoms with E-state index < -0.39 is 0 Å². The molecule has 1 saturated carbocycles. The maximum absolute atomic E-state index is 5.88. The van der Waals surface area contributed by atoms with Crippen molar-refractivity contribution in [3.8, 4) is 0 Å². The summed E-state index contributed by atoms with van der Waals surface area (Å²) >= 11 is 0. The van der Waals surface area contributed by atoms with Gasteiger partial charge in [-0.25, -0.2) is 0 Å². The number of furan rings is 1. The Morgan fingerprint density at radius 2 is 2.15 bits per heavy atom. The molecule has 0 saturated heterocycles. The summed E-state index contributed by atoms with van der Waals surface area (Å²) in [4.78, 5) is 2.64. The van der Waals surface area contributed by atoms with Gasteiger partial charge in [0.2, 0.25) is 0 Å². The summed E-state index contributed by atoms with van der Waals surface area (Å²) in [5.74, 6) is 2.16. The standard InChI is InChI=1S/C17H30N2O/c1-5-6-9-19(16-7-8-16)12-15-10-17(20-14(15)4)11-18-13(2)3/h10,13,16,18H,5-9,11-12H2,1-4H3. The fourth-order valence-corrected chi connectivity index (χ4v) is 2.55. The minimum Gasteiger partial charge on any atom is -0.465 e. The summed E-state index contributed by atoms with van der Waals surface area (Å²) in [6, 6.07) is 3.57. The van der Waals surface area contributed by atoms with E-state index in [0.29, 0.717) is 6.04 Å². The van der Waals surface area contributed by atoms with Crippen LogP contribution in [0.1, 0.15) is 63.5 Å². The predicted molar refractivity (Wildman–Crippen MR) is 83.8 cm³/mol. The number of nitrogens with one attached hydrogen (secondary N) is 1. The molecular formula is C17H30N2O. The fourth-order valence-electron chi connectivity index (χ4n) is 2.55. The molecule has 1 fully saturated rings. The van der Waals surface area contributed by atoms with Gasteiger partial charge in [0.15, 0.2) is 0 Å². The zero-order valence-electron chi connectivity index (χ0n) is 13.5. The number of unbranched alkanes of at least 4 members (excludes halogenated alkanes) is 1. The number of hydrogen-bond donors (Lipinski definition) is 1. The van der Waals surface area contributed by atoms with E-state index >= 15 is 0 Å². The molecule has 1 N–H and O–H groups in total. The van der Waals surface area contributed by atoms with Crippen LogP contribution in [-0.2, 0) is 13.1 Å². The van der Waals surface area contributed by atoms with Gasteiger partial charge in [0.25, 0.3) is 0 Å². The quantitative estimate of drug-likeness (QED) is 0.743. The zero-order chi connectivity index (χ0) is 14.5. The van der Waals surface area contributed by atoms with Crippen LogP contribution < -0.4 is 5.32 Å². The third-order valence-corrected chi connectivity index (χ3v) is 3.99. The molecule has 1 aromatic rings. The van der Waals surface area contributed by atoms with Crippen molar-refractivity contribution in [1.29, 1.82) is 0 Å². The van der Waals surface area contributed by atoms with Crippen LogP contribution in [0.4, 0.5) is 0 Å². The highest BCUT2D eigenvalue weighted by Gasteiger charge is 2.29. The van der Waals surface area contributed by atoms with E-state index in [1.54, 1.807) is 0 Å². The number of aryl methyl sites for hydroxylation is 1. The zero-order valence-corrected chi connectivity index (χ0v) is 13.5. The van der Waals surface area contributed by atoms with E-state index in [-0.39, 0.29) is 0 Å². The minimum atomic E-state index is 0.497. The van der Waals surface area contributed by atoms with Crippen LogP contribution in [0.2, 0.25) is 0 Å². The fraction of sp³-hybridized carbons (Fsp3) is 0.765. The smallest absolute Gasteiger partial charge is 0.118 e. The Bertz CT molecular complexity index is 407. The first-order valence-corrected chi connectivity index (χ1v) is 8.15. The molecule has 3 heteroatoms. The van der Waals surface area contributed by atoms with Crippen molar-refractivity contribution in [1.82, 2.24) is 10.2 Å². The Morgan fingerprint density at radius 1 is 1.40 bits per heavy atom. The van der Waals surface area contributed by atoms with E-state index in [9.17, 15) is 0 Å².